The van der Waals surface area contributed by atoms with Gasteiger partial charge in [0.15, 0.2) is 0 Å². The van der Waals surface area contributed by atoms with Crippen molar-refractivity contribution in [1.29, 1.82) is 0 Å². The smallest absolute Gasteiger partial charge is 0.416 e. The lowest BCUT2D eigenvalue weighted by Crippen LogP contribution is -2.31. The first-order valence-electron chi connectivity index (χ1n) is 5.58. The normalized spacial score (nSPS) is 16.6. The lowest BCUT2D eigenvalue weighted by atomic mass is 10.1. The molecular weight excluding hydrogens is 299 g/mol. The molecule has 0 saturated heterocycles. The second-order valence-corrected chi connectivity index (χ2v) is 5.00. The molecule has 20 heavy (non-hydrogen) atoms. The molecule has 0 bridgehead atoms. The Morgan fingerprint density at radius 1 is 1.25 bits per heavy atom. The largest absolute Gasteiger partial charge is 0.480 e. The van der Waals surface area contributed by atoms with Crippen LogP contribution in [0.5, 0.6) is 0 Å². The van der Waals surface area contributed by atoms with Crippen molar-refractivity contribution in [2.45, 2.75) is 19.0 Å². The molecule has 1 saturated carbocycles. The SMILES string of the molecule is O=C(O)C1(C(=O)Nc2cc(Cl)cc(C(F)(F)F)c2)CC1. The van der Waals surface area contributed by atoms with E-state index in [4.69, 9.17) is 16.7 Å². The van der Waals surface area contributed by atoms with Crippen LogP contribution in [-0.2, 0) is 15.8 Å². The van der Waals surface area contributed by atoms with E-state index in [1.165, 1.54) is 0 Å². The van der Waals surface area contributed by atoms with Gasteiger partial charge in [-0.25, -0.2) is 0 Å². The maximum Gasteiger partial charge on any atom is 0.416 e. The molecule has 0 atom stereocenters. The summed E-state index contributed by atoms with van der Waals surface area (Å²) in [4.78, 5) is 22.7. The van der Waals surface area contributed by atoms with E-state index in [1.807, 2.05) is 0 Å². The van der Waals surface area contributed by atoms with Gasteiger partial charge in [-0.05, 0) is 31.0 Å². The second-order valence-electron chi connectivity index (χ2n) is 4.57. The van der Waals surface area contributed by atoms with Crippen LogP contribution in [0.1, 0.15) is 18.4 Å². The van der Waals surface area contributed by atoms with Gasteiger partial charge in [0.2, 0.25) is 5.91 Å². The minimum atomic E-state index is -4.60. The van der Waals surface area contributed by atoms with Crippen molar-refractivity contribution in [3.63, 3.8) is 0 Å². The zero-order valence-electron chi connectivity index (χ0n) is 9.92. The zero-order chi connectivity index (χ0) is 15.1. The predicted molar refractivity (Wildman–Crippen MR) is 64.4 cm³/mol. The Bertz CT molecular complexity index is 582. The van der Waals surface area contributed by atoms with Crippen LogP contribution in [0.2, 0.25) is 5.02 Å². The lowest BCUT2D eigenvalue weighted by Gasteiger charge is -2.13. The molecule has 1 aromatic carbocycles. The minimum Gasteiger partial charge on any atom is -0.480 e. The van der Waals surface area contributed by atoms with E-state index in [0.717, 1.165) is 12.1 Å². The van der Waals surface area contributed by atoms with Crippen molar-refractivity contribution in [2.75, 3.05) is 5.32 Å². The average molecular weight is 308 g/mol. The monoisotopic (exact) mass is 307 g/mol. The number of benzene rings is 1. The molecule has 1 fully saturated rings. The third-order valence-corrected chi connectivity index (χ3v) is 3.30. The van der Waals surface area contributed by atoms with Crippen LogP contribution < -0.4 is 5.32 Å². The maximum atomic E-state index is 12.6. The first-order chi connectivity index (χ1) is 9.15. The van der Waals surface area contributed by atoms with E-state index in [1.54, 1.807) is 0 Å². The number of carbonyl (C=O) groups is 2. The molecule has 0 heterocycles. The summed E-state index contributed by atoms with van der Waals surface area (Å²) in [5, 5.41) is 10.9. The van der Waals surface area contributed by atoms with Gasteiger partial charge >= 0.3 is 12.1 Å². The van der Waals surface area contributed by atoms with Crippen molar-refractivity contribution in [2.24, 2.45) is 5.41 Å². The Balaban J connectivity index is 2.24. The van der Waals surface area contributed by atoms with E-state index < -0.39 is 29.0 Å². The highest BCUT2D eigenvalue weighted by Gasteiger charge is 2.57. The fourth-order valence-electron chi connectivity index (χ4n) is 1.74. The van der Waals surface area contributed by atoms with E-state index in [2.05, 4.69) is 5.32 Å². The van der Waals surface area contributed by atoms with Crippen LogP contribution in [0.4, 0.5) is 18.9 Å². The number of rotatable bonds is 3. The summed E-state index contributed by atoms with van der Waals surface area (Å²) in [6.07, 6.45) is -4.27. The van der Waals surface area contributed by atoms with E-state index in [0.29, 0.717) is 6.07 Å². The Labute approximate surface area is 116 Å². The van der Waals surface area contributed by atoms with Gasteiger partial charge in [0, 0.05) is 10.7 Å². The van der Waals surface area contributed by atoms with Crippen molar-refractivity contribution in [1.82, 2.24) is 0 Å². The quantitative estimate of drug-likeness (QED) is 0.843. The maximum absolute atomic E-state index is 12.6. The van der Waals surface area contributed by atoms with Gasteiger partial charge in [0.1, 0.15) is 5.41 Å². The molecule has 0 aliphatic heterocycles. The summed E-state index contributed by atoms with van der Waals surface area (Å²) in [6.45, 7) is 0. The first-order valence-corrected chi connectivity index (χ1v) is 5.95. The molecule has 0 spiro atoms. The van der Waals surface area contributed by atoms with Crippen molar-refractivity contribution in [3.8, 4) is 0 Å². The predicted octanol–water partition coefficient (Wildman–Crippen LogP) is 3.16. The second kappa shape index (κ2) is 4.66. The fraction of sp³-hybridized carbons (Fsp3) is 0.333. The van der Waals surface area contributed by atoms with Gasteiger partial charge < -0.3 is 10.4 Å². The summed E-state index contributed by atoms with van der Waals surface area (Å²) >= 11 is 5.56. The highest BCUT2D eigenvalue weighted by atomic mass is 35.5. The van der Waals surface area contributed by atoms with Crippen LogP contribution in [0, 0.1) is 5.41 Å². The Hall–Kier alpha value is -1.76. The van der Waals surface area contributed by atoms with Gasteiger partial charge in [0.25, 0.3) is 0 Å². The van der Waals surface area contributed by atoms with E-state index >= 15 is 0 Å². The summed E-state index contributed by atoms with van der Waals surface area (Å²) < 4.78 is 37.8. The zero-order valence-corrected chi connectivity index (χ0v) is 10.7. The number of anilines is 1. The Kier molecular flexibility index (Phi) is 3.41. The number of hydrogen-bond acceptors (Lipinski definition) is 2. The average Bonchev–Trinajstić information content (AvgIpc) is 3.07. The van der Waals surface area contributed by atoms with Crippen LogP contribution in [0.25, 0.3) is 0 Å². The standard InChI is InChI=1S/C12H9ClF3NO3/c13-7-3-6(12(14,15)16)4-8(5-7)17-9(18)11(1-2-11)10(19)20/h3-5H,1-2H2,(H,17,18)(H,19,20). The van der Waals surface area contributed by atoms with Crippen LogP contribution in [0.15, 0.2) is 18.2 Å². The first kappa shape index (κ1) is 14.6. The summed E-state index contributed by atoms with van der Waals surface area (Å²) in [5.41, 5.74) is -2.72. The molecular formula is C12H9ClF3NO3. The van der Waals surface area contributed by atoms with Gasteiger partial charge in [0.05, 0.1) is 5.56 Å². The summed E-state index contributed by atoms with van der Waals surface area (Å²) in [5.74, 6) is -2.12. The molecule has 0 unspecified atom stereocenters. The number of amides is 1. The molecule has 108 valence electrons. The number of halogens is 4. The van der Waals surface area contributed by atoms with Crippen molar-refractivity contribution < 1.29 is 27.9 Å². The third-order valence-electron chi connectivity index (χ3n) is 3.08. The molecule has 0 radical (unpaired) electrons. The molecule has 1 aliphatic carbocycles. The number of carbonyl (C=O) groups excluding carboxylic acids is 1. The van der Waals surface area contributed by atoms with Crippen LogP contribution >= 0.6 is 11.6 Å². The fourth-order valence-corrected chi connectivity index (χ4v) is 1.97. The number of alkyl halides is 3. The lowest BCUT2D eigenvalue weighted by molar-refractivity contribution is -0.147. The summed E-state index contributed by atoms with van der Waals surface area (Å²) in [7, 11) is 0. The van der Waals surface area contributed by atoms with Gasteiger partial charge in [-0.2, -0.15) is 13.2 Å². The molecule has 1 amide bonds. The van der Waals surface area contributed by atoms with Crippen molar-refractivity contribution in [3.05, 3.63) is 28.8 Å². The topological polar surface area (TPSA) is 66.4 Å². The highest BCUT2D eigenvalue weighted by molar-refractivity contribution is 6.31. The molecule has 1 aliphatic rings. The number of hydrogen-bond donors (Lipinski definition) is 2. The van der Waals surface area contributed by atoms with Crippen LogP contribution in [-0.4, -0.2) is 17.0 Å². The van der Waals surface area contributed by atoms with Gasteiger partial charge in [-0.1, -0.05) is 11.6 Å². The summed E-state index contributed by atoms with van der Waals surface area (Å²) in [6, 6.07) is 2.57. The van der Waals surface area contributed by atoms with E-state index in [-0.39, 0.29) is 23.6 Å². The number of carboxylic acid groups (broad SMARTS) is 1. The molecule has 4 nitrogen and oxygen atoms in total. The van der Waals surface area contributed by atoms with E-state index in [9.17, 15) is 22.8 Å². The molecule has 2 rings (SSSR count). The molecule has 8 heteroatoms. The third kappa shape index (κ3) is 2.72. The van der Waals surface area contributed by atoms with Gasteiger partial charge in [-0.3, -0.25) is 9.59 Å². The Morgan fingerprint density at radius 3 is 2.30 bits per heavy atom. The molecule has 2 N–H and O–H groups in total. The van der Waals surface area contributed by atoms with Crippen LogP contribution in [0.3, 0.4) is 0 Å². The number of carboxylic acids is 1. The number of nitrogens with one attached hydrogen (secondary N) is 1. The Morgan fingerprint density at radius 2 is 1.85 bits per heavy atom. The highest BCUT2D eigenvalue weighted by Crippen LogP contribution is 2.47. The minimum absolute atomic E-state index is 0.168. The molecule has 1 aromatic rings. The van der Waals surface area contributed by atoms with Crippen molar-refractivity contribution >= 4 is 29.2 Å². The van der Waals surface area contributed by atoms with Gasteiger partial charge in [-0.15, -0.1) is 0 Å². The number of aliphatic carboxylic acids is 1. The molecule has 0 aromatic heterocycles.